The molecule has 22 heavy (non-hydrogen) atoms. The number of thiazole rings is 1. The Morgan fingerprint density at radius 2 is 2.36 bits per heavy atom. The average Bonchev–Trinajstić information content (AvgIpc) is 3.10. The van der Waals surface area contributed by atoms with Crippen molar-refractivity contribution in [3.63, 3.8) is 0 Å². The van der Waals surface area contributed by atoms with Crippen LogP contribution in [-0.2, 0) is 11.3 Å². The molecule has 2 heterocycles. The molecule has 9 heteroatoms. The van der Waals surface area contributed by atoms with Crippen LogP contribution in [0, 0.1) is 5.82 Å². The summed E-state index contributed by atoms with van der Waals surface area (Å²) in [5, 5.41) is 16.9. The zero-order valence-corrected chi connectivity index (χ0v) is 11.9. The van der Waals surface area contributed by atoms with E-state index >= 15 is 0 Å². The molecule has 0 fully saturated rings. The van der Waals surface area contributed by atoms with Crippen LogP contribution >= 0.6 is 11.3 Å². The molecule has 0 aliphatic rings. The van der Waals surface area contributed by atoms with E-state index in [9.17, 15) is 9.18 Å². The largest absolute Gasteiger partial charge is 0.288 e. The van der Waals surface area contributed by atoms with Crippen molar-refractivity contribution in [3.8, 4) is 0 Å². The molecule has 0 aliphatic carbocycles. The molecule has 0 spiro atoms. The molecular weight excluding hydrogens is 309 g/mol. The van der Waals surface area contributed by atoms with Crippen molar-refractivity contribution in [2.45, 2.75) is 6.54 Å². The Labute approximate surface area is 127 Å². The number of fused-ring (bicyclic) bond motifs is 1. The van der Waals surface area contributed by atoms with Gasteiger partial charge in [0.15, 0.2) is 0 Å². The summed E-state index contributed by atoms with van der Waals surface area (Å²) in [5.74, 6) is -0.944. The number of nitrogens with one attached hydrogen (secondary N) is 1. The highest BCUT2D eigenvalue weighted by molar-refractivity contribution is 7.18. The van der Waals surface area contributed by atoms with Crippen molar-refractivity contribution in [2.24, 2.45) is 0 Å². The molecule has 0 unspecified atom stereocenters. The summed E-state index contributed by atoms with van der Waals surface area (Å²) >= 11 is 1.38. The Morgan fingerprint density at radius 3 is 3.18 bits per heavy atom. The van der Waals surface area contributed by atoms with Crippen LogP contribution in [0.5, 0.6) is 0 Å². The number of nitrogens with zero attached hydrogens (tertiary/aromatic N) is 4. The number of carbonyl (C=O) groups excluding carboxylic acids is 1. The van der Waals surface area contributed by atoms with Crippen LogP contribution in [0.25, 0.3) is 16.3 Å². The number of benzene rings is 1. The van der Waals surface area contributed by atoms with Crippen molar-refractivity contribution >= 4 is 33.5 Å². The van der Waals surface area contributed by atoms with Crippen molar-refractivity contribution in [3.05, 3.63) is 47.0 Å². The monoisotopic (exact) mass is 319 g/mol. The Kier molecular flexibility index (Phi) is 3.90. The molecule has 112 valence electrons. The van der Waals surface area contributed by atoms with Gasteiger partial charge in [0.05, 0.1) is 23.0 Å². The zero-order chi connectivity index (χ0) is 15.5. The first-order chi connectivity index (χ1) is 10.6. The summed E-state index contributed by atoms with van der Waals surface area (Å²) in [5.41, 5.74) is 2.69. The molecule has 2 aromatic heterocycles. The normalized spacial score (nSPS) is 11.4. The van der Waals surface area contributed by atoms with Crippen LogP contribution in [0.4, 0.5) is 4.39 Å². The van der Waals surface area contributed by atoms with Crippen LogP contribution in [0.3, 0.4) is 0 Å². The first-order valence-electron chi connectivity index (χ1n) is 6.21. The second kappa shape index (κ2) is 6.00. The van der Waals surface area contributed by atoms with Crippen molar-refractivity contribution < 1.29 is 14.4 Å². The predicted octanol–water partition coefficient (Wildman–Crippen LogP) is 1.59. The van der Waals surface area contributed by atoms with Crippen LogP contribution in [0.2, 0.25) is 0 Å². The molecule has 2 N–H and O–H groups in total. The minimum Gasteiger partial charge on any atom is -0.288 e. The van der Waals surface area contributed by atoms with Crippen molar-refractivity contribution in [1.29, 1.82) is 0 Å². The standard InChI is InChI=1S/C13H10FN5O2S/c14-8-1-3-10-11(5-8)22-13(15-10)7-19-6-9(16-18-19)2-4-12(20)17-21/h1-6,21H,7H2,(H,17,20). The summed E-state index contributed by atoms with van der Waals surface area (Å²) in [6.45, 7) is 0.397. The first-order valence-corrected chi connectivity index (χ1v) is 7.03. The lowest BCUT2D eigenvalue weighted by atomic mass is 10.3. The summed E-state index contributed by atoms with van der Waals surface area (Å²) < 4.78 is 15.5. The molecule has 0 bridgehead atoms. The van der Waals surface area contributed by atoms with E-state index < -0.39 is 5.91 Å². The van der Waals surface area contributed by atoms with Gasteiger partial charge in [-0.05, 0) is 24.3 Å². The third kappa shape index (κ3) is 3.15. The van der Waals surface area contributed by atoms with Gasteiger partial charge in [-0.25, -0.2) is 19.5 Å². The van der Waals surface area contributed by atoms with Gasteiger partial charge < -0.3 is 0 Å². The second-order valence-corrected chi connectivity index (χ2v) is 5.49. The maximum Gasteiger partial charge on any atom is 0.267 e. The highest BCUT2D eigenvalue weighted by atomic mass is 32.1. The van der Waals surface area contributed by atoms with Gasteiger partial charge in [0, 0.05) is 6.08 Å². The van der Waals surface area contributed by atoms with Gasteiger partial charge in [-0.1, -0.05) is 5.21 Å². The first kappa shape index (κ1) is 14.3. The third-order valence-electron chi connectivity index (χ3n) is 2.76. The number of rotatable bonds is 4. The smallest absolute Gasteiger partial charge is 0.267 e. The van der Waals surface area contributed by atoms with E-state index in [-0.39, 0.29) is 5.82 Å². The molecule has 0 saturated heterocycles. The van der Waals surface area contributed by atoms with Crippen LogP contribution in [-0.4, -0.2) is 31.1 Å². The van der Waals surface area contributed by atoms with Crippen LogP contribution in [0.1, 0.15) is 10.7 Å². The lowest BCUT2D eigenvalue weighted by molar-refractivity contribution is -0.124. The van der Waals surface area contributed by atoms with Gasteiger partial charge in [-0.3, -0.25) is 10.0 Å². The number of amides is 1. The maximum absolute atomic E-state index is 13.1. The number of aromatic nitrogens is 4. The lowest BCUT2D eigenvalue weighted by Gasteiger charge is -1.93. The highest BCUT2D eigenvalue weighted by Crippen LogP contribution is 2.23. The minimum absolute atomic E-state index is 0.293. The minimum atomic E-state index is -0.650. The topological polar surface area (TPSA) is 92.9 Å². The molecule has 7 nitrogen and oxygen atoms in total. The molecular formula is C13H10FN5O2S. The quantitative estimate of drug-likeness (QED) is 0.433. The van der Waals surface area contributed by atoms with E-state index in [4.69, 9.17) is 5.21 Å². The van der Waals surface area contributed by atoms with Crippen molar-refractivity contribution in [2.75, 3.05) is 0 Å². The Hall–Kier alpha value is -2.65. The summed E-state index contributed by atoms with van der Waals surface area (Å²) in [6.07, 6.45) is 4.19. The lowest BCUT2D eigenvalue weighted by Crippen LogP contribution is -2.14. The molecule has 0 aliphatic heterocycles. The fraction of sp³-hybridized carbons (Fsp3) is 0.0769. The van der Waals surface area contributed by atoms with Gasteiger partial charge in [-0.2, -0.15) is 0 Å². The SMILES string of the molecule is O=C(C=Cc1cn(Cc2nc3ccc(F)cc3s2)nn1)NO. The fourth-order valence-corrected chi connectivity index (χ4v) is 2.80. The Balaban J connectivity index is 1.76. The number of hydrogen-bond donors (Lipinski definition) is 2. The summed E-state index contributed by atoms with van der Waals surface area (Å²) in [4.78, 5) is 15.3. The Morgan fingerprint density at radius 1 is 1.50 bits per heavy atom. The molecule has 1 aromatic carbocycles. The molecule has 0 saturated carbocycles. The third-order valence-corrected chi connectivity index (χ3v) is 3.77. The number of hydroxylamine groups is 1. The highest BCUT2D eigenvalue weighted by Gasteiger charge is 2.07. The average molecular weight is 319 g/mol. The van der Waals surface area contributed by atoms with E-state index in [1.165, 1.54) is 35.0 Å². The van der Waals surface area contributed by atoms with Gasteiger partial charge in [0.2, 0.25) is 0 Å². The maximum atomic E-state index is 13.1. The fourth-order valence-electron chi connectivity index (χ4n) is 1.82. The molecule has 0 atom stereocenters. The van der Waals surface area contributed by atoms with Crippen molar-refractivity contribution in [1.82, 2.24) is 25.5 Å². The zero-order valence-electron chi connectivity index (χ0n) is 11.1. The molecule has 3 rings (SSSR count). The van der Waals surface area contributed by atoms with Crippen LogP contribution < -0.4 is 5.48 Å². The van der Waals surface area contributed by atoms with E-state index in [0.29, 0.717) is 12.2 Å². The number of hydrogen-bond acceptors (Lipinski definition) is 6. The van der Waals surface area contributed by atoms with Gasteiger partial charge in [-0.15, -0.1) is 16.4 Å². The second-order valence-electron chi connectivity index (χ2n) is 4.37. The predicted molar refractivity (Wildman–Crippen MR) is 77.7 cm³/mol. The van der Waals surface area contributed by atoms with E-state index in [1.54, 1.807) is 16.9 Å². The number of halogens is 1. The number of carbonyl (C=O) groups is 1. The van der Waals surface area contributed by atoms with Gasteiger partial charge in [0.25, 0.3) is 5.91 Å². The van der Waals surface area contributed by atoms with Crippen LogP contribution in [0.15, 0.2) is 30.5 Å². The van der Waals surface area contributed by atoms with Gasteiger partial charge in [0.1, 0.15) is 16.5 Å². The molecule has 1 amide bonds. The van der Waals surface area contributed by atoms with Gasteiger partial charge >= 0.3 is 0 Å². The molecule has 0 radical (unpaired) electrons. The molecule has 3 aromatic rings. The summed E-state index contributed by atoms with van der Waals surface area (Å²) in [7, 11) is 0. The Bertz CT molecular complexity index is 857. The van der Waals surface area contributed by atoms with E-state index in [2.05, 4.69) is 15.3 Å². The van der Waals surface area contributed by atoms with E-state index in [1.807, 2.05) is 0 Å². The summed E-state index contributed by atoms with van der Waals surface area (Å²) in [6, 6.07) is 4.45. The van der Waals surface area contributed by atoms with E-state index in [0.717, 1.165) is 21.3 Å².